The van der Waals surface area contributed by atoms with Gasteiger partial charge in [0.15, 0.2) is 8.32 Å². The molecule has 2 rings (SSSR count). The van der Waals surface area contributed by atoms with Crippen LogP contribution in [0.1, 0.15) is 34.1 Å². The Bertz CT molecular complexity index is 445. The van der Waals surface area contributed by atoms with Crippen molar-refractivity contribution < 1.29 is 18.2 Å². The van der Waals surface area contributed by atoms with Gasteiger partial charge in [0, 0.05) is 18.3 Å². The van der Waals surface area contributed by atoms with E-state index in [1.54, 1.807) is 0 Å². The summed E-state index contributed by atoms with van der Waals surface area (Å²) in [5, 5.41) is 0.139. The Hall–Kier alpha value is 0.642. The zero-order valence-electron chi connectivity index (χ0n) is 14.4. The van der Waals surface area contributed by atoms with Crippen molar-refractivity contribution in [1.82, 2.24) is 0 Å². The summed E-state index contributed by atoms with van der Waals surface area (Å²) in [4.78, 5) is 0. The van der Waals surface area contributed by atoms with Crippen molar-refractivity contribution in [3.63, 3.8) is 0 Å². The van der Waals surface area contributed by atoms with E-state index in [0.717, 1.165) is 6.42 Å². The molecule has 2 aliphatic rings. The van der Waals surface area contributed by atoms with Gasteiger partial charge in [-0.2, -0.15) is 0 Å². The molecule has 0 N–H and O–H groups in total. The zero-order valence-corrected chi connectivity index (χ0v) is 17.1. The molecule has 0 aromatic rings. The van der Waals surface area contributed by atoms with E-state index in [4.69, 9.17) is 37.9 Å². The van der Waals surface area contributed by atoms with Gasteiger partial charge in [-0.25, -0.2) is 0 Å². The fraction of sp³-hybridized carbons (Fsp3) is 1.00. The SMILES string of the molecule is [B][C@@H]1O[C@@]2(CCO[P+](=S)OC2)C(C)[C@@H]1O[Si](C)(C)C(C)(C)C. The van der Waals surface area contributed by atoms with E-state index in [9.17, 15) is 0 Å². The number of rotatable bonds is 2. The highest BCUT2D eigenvalue weighted by molar-refractivity contribution is 8.00. The summed E-state index contributed by atoms with van der Waals surface area (Å²) in [6.45, 7) is 14.3. The van der Waals surface area contributed by atoms with Crippen LogP contribution >= 0.6 is 7.15 Å². The lowest BCUT2D eigenvalue weighted by molar-refractivity contribution is -0.0619. The van der Waals surface area contributed by atoms with Gasteiger partial charge in [-0.05, 0) is 18.1 Å². The van der Waals surface area contributed by atoms with Gasteiger partial charge in [0.2, 0.25) is 11.8 Å². The van der Waals surface area contributed by atoms with Gasteiger partial charge in [-0.15, -0.1) is 9.05 Å². The molecule has 0 aliphatic carbocycles. The molecule has 2 heterocycles. The second-order valence-electron chi connectivity index (χ2n) is 7.86. The largest absolute Gasteiger partial charge is 0.521 e. The summed E-state index contributed by atoms with van der Waals surface area (Å²) in [6, 6.07) is -0.429. The second kappa shape index (κ2) is 6.51. The van der Waals surface area contributed by atoms with Crippen LogP contribution in [0.25, 0.3) is 0 Å². The highest BCUT2D eigenvalue weighted by Gasteiger charge is 2.55. The highest BCUT2D eigenvalue weighted by atomic mass is 32.4. The van der Waals surface area contributed by atoms with Crippen LogP contribution < -0.4 is 0 Å². The van der Waals surface area contributed by atoms with Gasteiger partial charge in [0.05, 0.1) is 6.10 Å². The van der Waals surface area contributed by atoms with Crippen LogP contribution in [0, 0.1) is 5.92 Å². The third-order valence-corrected chi connectivity index (χ3v) is 11.2. The van der Waals surface area contributed by atoms with Gasteiger partial charge >= 0.3 is 7.15 Å². The van der Waals surface area contributed by atoms with E-state index >= 15 is 0 Å². The molecule has 124 valence electrons. The van der Waals surface area contributed by atoms with Gasteiger partial charge in [0.25, 0.3) is 0 Å². The maximum Gasteiger partial charge on any atom is 0.521 e. The molecule has 5 atom stereocenters. The van der Waals surface area contributed by atoms with Crippen LogP contribution in [-0.4, -0.2) is 47.1 Å². The van der Waals surface area contributed by atoms with Crippen LogP contribution in [0.2, 0.25) is 18.1 Å². The van der Waals surface area contributed by atoms with Crippen LogP contribution in [0.4, 0.5) is 0 Å². The van der Waals surface area contributed by atoms with Crippen LogP contribution in [0.3, 0.4) is 0 Å². The van der Waals surface area contributed by atoms with E-state index < -0.39 is 27.1 Å². The maximum atomic E-state index is 6.55. The molecule has 0 saturated carbocycles. The molecule has 2 aliphatic heterocycles. The molecule has 0 bridgehead atoms. The smallest absolute Gasteiger partial charge is 0.412 e. The quantitative estimate of drug-likeness (QED) is 0.556. The van der Waals surface area contributed by atoms with Crippen molar-refractivity contribution in [2.75, 3.05) is 13.2 Å². The normalized spacial score (nSPS) is 39.2. The molecule has 2 saturated heterocycles. The Balaban J connectivity index is 2.16. The summed E-state index contributed by atoms with van der Waals surface area (Å²) in [6.07, 6.45) is 0.633. The van der Waals surface area contributed by atoms with Crippen molar-refractivity contribution in [3.05, 3.63) is 0 Å². The third-order valence-electron chi connectivity index (χ3n) is 5.39. The Labute approximate surface area is 142 Å². The summed E-state index contributed by atoms with van der Waals surface area (Å²) in [5.74, 6) is 0.150. The lowest BCUT2D eigenvalue weighted by Crippen LogP contribution is -2.49. The number of ether oxygens (including phenoxy) is 1. The van der Waals surface area contributed by atoms with Gasteiger partial charge in [0.1, 0.15) is 26.7 Å². The van der Waals surface area contributed by atoms with E-state index in [2.05, 4.69) is 40.8 Å². The number of hydrogen-bond donors (Lipinski definition) is 0. The predicted molar refractivity (Wildman–Crippen MR) is 95.4 cm³/mol. The molecule has 2 unspecified atom stereocenters. The minimum absolute atomic E-state index is 0.112. The van der Waals surface area contributed by atoms with Crippen molar-refractivity contribution >= 4 is 35.1 Å². The first-order valence-electron chi connectivity index (χ1n) is 7.83. The van der Waals surface area contributed by atoms with E-state index in [0.29, 0.717) is 13.2 Å². The standard InChI is InChI=1S/C14H27BO4PSSi/c1-10-11(19-22(5,6)13(2,3)4)12(15)18-14(10)7-8-16-20(21)17-9-14/h10-12H,7-9H2,1-6H3/q+1/t10?,11-,12+,14+/m0/s1. The minimum atomic E-state index is -1.91. The molecule has 0 aromatic carbocycles. The lowest BCUT2D eigenvalue weighted by atomic mass is 9.82. The predicted octanol–water partition coefficient (Wildman–Crippen LogP) is 3.49. The van der Waals surface area contributed by atoms with Crippen molar-refractivity contribution in [1.29, 1.82) is 0 Å². The molecular weight excluding hydrogens is 334 g/mol. The molecule has 0 aromatic heterocycles. The summed E-state index contributed by atoms with van der Waals surface area (Å²) >= 11 is 5.14. The molecule has 4 nitrogen and oxygen atoms in total. The topological polar surface area (TPSA) is 36.9 Å². The van der Waals surface area contributed by atoms with Crippen LogP contribution in [0.5, 0.6) is 0 Å². The first-order valence-corrected chi connectivity index (χ1v) is 12.9. The fourth-order valence-electron chi connectivity index (χ4n) is 2.73. The Morgan fingerprint density at radius 2 is 1.95 bits per heavy atom. The molecule has 2 radical (unpaired) electrons. The number of hydrogen-bond acceptors (Lipinski definition) is 5. The first kappa shape index (κ1) is 19.0. The Kier molecular flexibility index (Phi) is 5.61. The molecule has 2 fully saturated rings. The average Bonchev–Trinajstić information content (AvgIpc) is 2.52. The fourth-order valence-corrected chi connectivity index (χ4v) is 5.12. The minimum Gasteiger partial charge on any atom is -0.412 e. The average molecular weight is 361 g/mol. The molecule has 22 heavy (non-hydrogen) atoms. The molecular formula is C14H27BO4PSSi+. The van der Waals surface area contributed by atoms with E-state index in [-0.39, 0.29) is 17.1 Å². The van der Waals surface area contributed by atoms with Crippen molar-refractivity contribution in [2.45, 2.75) is 70.0 Å². The third kappa shape index (κ3) is 3.66. The van der Waals surface area contributed by atoms with Crippen LogP contribution in [-0.2, 0) is 30.0 Å². The van der Waals surface area contributed by atoms with Crippen LogP contribution in [0.15, 0.2) is 0 Å². The van der Waals surface area contributed by atoms with Crippen molar-refractivity contribution in [3.8, 4) is 0 Å². The molecule has 1 spiro atoms. The van der Waals surface area contributed by atoms with Gasteiger partial charge in [-0.1, -0.05) is 27.7 Å². The summed E-state index contributed by atoms with van der Waals surface area (Å²) in [5.41, 5.74) is -0.442. The summed E-state index contributed by atoms with van der Waals surface area (Å²) < 4.78 is 23.8. The monoisotopic (exact) mass is 361 g/mol. The van der Waals surface area contributed by atoms with E-state index in [1.807, 2.05) is 0 Å². The Morgan fingerprint density at radius 1 is 1.32 bits per heavy atom. The molecule has 8 heteroatoms. The highest BCUT2D eigenvalue weighted by Crippen LogP contribution is 2.47. The lowest BCUT2D eigenvalue weighted by Gasteiger charge is -2.40. The van der Waals surface area contributed by atoms with E-state index in [1.165, 1.54) is 0 Å². The molecule has 0 amide bonds. The Morgan fingerprint density at radius 3 is 2.55 bits per heavy atom. The first-order chi connectivity index (χ1) is 9.98. The van der Waals surface area contributed by atoms with Gasteiger partial charge in [-0.3, -0.25) is 0 Å². The summed E-state index contributed by atoms with van der Waals surface area (Å²) in [7, 11) is 3.14. The van der Waals surface area contributed by atoms with Gasteiger partial charge < -0.3 is 9.16 Å². The second-order valence-corrected chi connectivity index (χ2v) is 14.5. The zero-order chi connectivity index (χ0) is 16.8. The maximum absolute atomic E-state index is 6.55. The van der Waals surface area contributed by atoms with Crippen molar-refractivity contribution in [2.24, 2.45) is 5.92 Å².